The van der Waals surface area contributed by atoms with Gasteiger partial charge in [-0.1, -0.05) is 78.9 Å². The molecule has 132 valence electrons. The molecule has 0 aliphatic rings. The van der Waals surface area contributed by atoms with Gasteiger partial charge in [0.05, 0.1) is 15.9 Å². The Morgan fingerprint density at radius 1 is 1.00 bits per heavy atom. The predicted octanol–water partition coefficient (Wildman–Crippen LogP) is 7.35. The van der Waals surface area contributed by atoms with E-state index in [1.165, 1.54) is 0 Å². The van der Waals surface area contributed by atoms with Crippen LogP contribution >= 0.6 is 22.9 Å². The molecule has 0 N–H and O–H groups in total. The third-order valence-electron chi connectivity index (χ3n) is 4.25. The van der Waals surface area contributed by atoms with E-state index in [1.807, 2.05) is 61.5 Å². The van der Waals surface area contributed by atoms with E-state index in [0.717, 1.165) is 37.5 Å². The maximum absolute atomic E-state index is 6.20. The fourth-order valence-corrected chi connectivity index (χ4v) is 4.32. The summed E-state index contributed by atoms with van der Waals surface area (Å²) in [5.74, 6) is 0.669. The molecule has 0 amide bonds. The van der Waals surface area contributed by atoms with E-state index in [9.17, 15) is 0 Å². The van der Waals surface area contributed by atoms with Crippen molar-refractivity contribution in [2.75, 3.05) is 0 Å². The molecule has 4 aromatic rings. The molecule has 2 aromatic carbocycles. The van der Waals surface area contributed by atoms with Crippen molar-refractivity contribution in [1.29, 1.82) is 0 Å². The first kappa shape index (κ1) is 17.7. The second kappa shape index (κ2) is 7.47. The maximum atomic E-state index is 6.20. The summed E-state index contributed by atoms with van der Waals surface area (Å²) in [6.45, 7) is 5.98. The van der Waals surface area contributed by atoms with Crippen LogP contribution in [-0.2, 0) is 0 Å². The first-order valence-electron chi connectivity index (χ1n) is 8.62. The molecule has 0 unspecified atom stereocenters. The highest BCUT2D eigenvalue weighted by atomic mass is 35.5. The summed E-state index contributed by atoms with van der Waals surface area (Å²) in [5.41, 5.74) is 4.92. The Bertz CT molecular complexity index is 1160. The van der Waals surface area contributed by atoms with Crippen LogP contribution in [0.4, 0.5) is 0 Å². The molecular formula is C23H17ClN2S. The number of thiophene rings is 1. The van der Waals surface area contributed by atoms with Crippen molar-refractivity contribution in [3.8, 4) is 22.6 Å². The summed E-state index contributed by atoms with van der Waals surface area (Å²) in [6, 6.07) is 17.9. The molecule has 0 bridgehead atoms. The van der Waals surface area contributed by atoms with Crippen molar-refractivity contribution < 1.29 is 0 Å². The normalized spacial score (nSPS) is 11.3. The van der Waals surface area contributed by atoms with E-state index >= 15 is 0 Å². The van der Waals surface area contributed by atoms with Gasteiger partial charge in [-0.05, 0) is 19.1 Å². The summed E-state index contributed by atoms with van der Waals surface area (Å²) >= 11 is 7.87. The Labute approximate surface area is 167 Å². The zero-order chi connectivity index (χ0) is 18.8. The largest absolute Gasteiger partial charge is 0.226 e. The van der Waals surface area contributed by atoms with Gasteiger partial charge in [-0.3, -0.25) is 0 Å². The van der Waals surface area contributed by atoms with E-state index in [0.29, 0.717) is 10.8 Å². The summed E-state index contributed by atoms with van der Waals surface area (Å²) in [4.78, 5) is 10.9. The van der Waals surface area contributed by atoms with Crippen LogP contribution in [0.15, 0.2) is 67.3 Å². The van der Waals surface area contributed by atoms with Crippen molar-refractivity contribution in [3.05, 3.63) is 82.7 Å². The topological polar surface area (TPSA) is 25.8 Å². The first-order chi connectivity index (χ1) is 13.2. The molecule has 0 radical (unpaired) electrons. The number of hydrogen-bond donors (Lipinski definition) is 0. The number of aromatic nitrogens is 2. The SMILES string of the molecule is C=Cc1sc2c(-c3ccccc3)nc(-c3cccc(Cl)c3)nc2c1/C=C\C. The highest BCUT2D eigenvalue weighted by molar-refractivity contribution is 7.20. The van der Waals surface area contributed by atoms with Gasteiger partial charge in [0.1, 0.15) is 0 Å². The molecule has 2 aromatic heterocycles. The minimum absolute atomic E-state index is 0.669. The van der Waals surface area contributed by atoms with Crippen molar-refractivity contribution in [2.24, 2.45) is 0 Å². The zero-order valence-corrected chi connectivity index (χ0v) is 16.4. The van der Waals surface area contributed by atoms with E-state index < -0.39 is 0 Å². The third kappa shape index (κ3) is 3.32. The number of rotatable bonds is 4. The van der Waals surface area contributed by atoms with Crippen LogP contribution in [0, 0.1) is 0 Å². The molecule has 0 saturated heterocycles. The van der Waals surface area contributed by atoms with Crippen molar-refractivity contribution in [2.45, 2.75) is 6.92 Å². The van der Waals surface area contributed by atoms with Gasteiger partial charge in [0.25, 0.3) is 0 Å². The van der Waals surface area contributed by atoms with E-state index in [2.05, 4.69) is 24.8 Å². The number of allylic oxidation sites excluding steroid dienone is 1. The van der Waals surface area contributed by atoms with E-state index in [1.54, 1.807) is 11.3 Å². The van der Waals surface area contributed by atoms with E-state index in [-0.39, 0.29) is 0 Å². The number of nitrogens with zero attached hydrogens (tertiary/aromatic N) is 2. The van der Waals surface area contributed by atoms with Crippen LogP contribution in [0.3, 0.4) is 0 Å². The average Bonchev–Trinajstić information content (AvgIpc) is 3.06. The first-order valence-corrected chi connectivity index (χ1v) is 9.81. The number of benzene rings is 2. The molecule has 2 heterocycles. The quantitative estimate of drug-likeness (QED) is 0.365. The van der Waals surface area contributed by atoms with Crippen LogP contribution in [0.5, 0.6) is 0 Å². The lowest BCUT2D eigenvalue weighted by atomic mass is 10.1. The van der Waals surface area contributed by atoms with Crippen molar-refractivity contribution >= 4 is 45.3 Å². The molecule has 4 heteroatoms. The van der Waals surface area contributed by atoms with Crippen LogP contribution in [0.1, 0.15) is 17.4 Å². The zero-order valence-electron chi connectivity index (χ0n) is 14.8. The minimum Gasteiger partial charge on any atom is -0.226 e. The van der Waals surface area contributed by atoms with Gasteiger partial charge in [0.15, 0.2) is 5.82 Å². The van der Waals surface area contributed by atoms with Gasteiger partial charge in [-0.15, -0.1) is 11.3 Å². The highest BCUT2D eigenvalue weighted by Gasteiger charge is 2.18. The number of halogens is 1. The molecule has 0 fully saturated rings. The van der Waals surface area contributed by atoms with Crippen molar-refractivity contribution in [3.63, 3.8) is 0 Å². The van der Waals surface area contributed by atoms with Gasteiger partial charge < -0.3 is 0 Å². The van der Waals surface area contributed by atoms with Gasteiger partial charge in [0, 0.05) is 26.6 Å². The molecule has 27 heavy (non-hydrogen) atoms. The average molecular weight is 389 g/mol. The standard InChI is InChI=1S/C23H17ClN2S/c1-3-9-18-19(4-2)27-22-20(15-10-6-5-7-11-15)25-23(26-21(18)22)16-12-8-13-17(24)14-16/h3-14H,2H2,1H3/b9-3-. The molecular weight excluding hydrogens is 372 g/mol. The number of hydrogen-bond acceptors (Lipinski definition) is 3. The summed E-state index contributed by atoms with van der Waals surface area (Å²) in [7, 11) is 0. The molecule has 0 atom stereocenters. The Kier molecular flexibility index (Phi) is 4.88. The van der Waals surface area contributed by atoms with Gasteiger partial charge in [0.2, 0.25) is 0 Å². The smallest absolute Gasteiger partial charge is 0.160 e. The van der Waals surface area contributed by atoms with Crippen LogP contribution in [-0.4, -0.2) is 9.97 Å². The lowest BCUT2D eigenvalue weighted by Gasteiger charge is -2.07. The van der Waals surface area contributed by atoms with Crippen LogP contribution < -0.4 is 0 Å². The molecule has 0 aliphatic heterocycles. The van der Waals surface area contributed by atoms with Crippen LogP contribution in [0.25, 0.3) is 45.0 Å². The van der Waals surface area contributed by atoms with Gasteiger partial charge in [-0.2, -0.15) is 0 Å². The lowest BCUT2D eigenvalue weighted by molar-refractivity contribution is 1.23. The predicted molar refractivity (Wildman–Crippen MR) is 118 cm³/mol. The highest BCUT2D eigenvalue weighted by Crippen LogP contribution is 2.39. The van der Waals surface area contributed by atoms with Crippen molar-refractivity contribution in [1.82, 2.24) is 9.97 Å². The molecule has 4 rings (SSSR count). The Balaban J connectivity index is 2.09. The second-order valence-electron chi connectivity index (χ2n) is 6.03. The fraction of sp³-hybridized carbons (Fsp3) is 0.0435. The Morgan fingerprint density at radius 2 is 1.78 bits per heavy atom. The minimum atomic E-state index is 0.669. The molecule has 0 spiro atoms. The summed E-state index contributed by atoms with van der Waals surface area (Å²) in [6.07, 6.45) is 5.99. The lowest BCUT2D eigenvalue weighted by Crippen LogP contribution is -1.94. The molecule has 2 nitrogen and oxygen atoms in total. The van der Waals surface area contributed by atoms with Gasteiger partial charge >= 0.3 is 0 Å². The summed E-state index contributed by atoms with van der Waals surface area (Å²) < 4.78 is 1.06. The van der Waals surface area contributed by atoms with Crippen LogP contribution in [0.2, 0.25) is 5.02 Å². The third-order valence-corrected chi connectivity index (χ3v) is 5.68. The van der Waals surface area contributed by atoms with Gasteiger partial charge in [-0.25, -0.2) is 9.97 Å². The molecule has 0 aliphatic carbocycles. The Morgan fingerprint density at radius 3 is 2.48 bits per heavy atom. The van der Waals surface area contributed by atoms with E-state index in [4.69, 9.17) is 21.6 Å². The second-order valence-corrected chi connectivity index (χ2v) is 7.52. The fourth-order valence-electron chi connectivity index (χ4n) is 3.04. The maximum Gasteiger partial charge on any atom is 0.160 e. The summed E-state index contributed by atoms with van der Waals surface area (Å²) in [5, 5.41) is 0.670. The number of fused-ring (bicyclic) bond motifs is 1. The Hall–Kier alpha value is -2.75. The molecule has 0 saturated carbocycles. The monoisotopic (exact) mass is 388 g/mol.